The molecule has 0 aromatic carbocycles. The molecule has 0 unspecified atom stereocenters. The summed E-state index contributed by atoms with van der Waals surface area (Å²) in [5.41, 5.74) is 5.59. The number of H-pyrrole nitrogens is 1. The number of nitrogens with zero attached hydrogens (tertiary/aromatic N) is 2. The minimum atomic E-state index is -0.405. The van der Waals surface area contributed by atoms with Crippen LogP contribution in [0.25, 0.3) is 0 Å². The lowest BCUT2D eigenvalue weighted by atomic mass is 10.3. The fourth-order valence-corrected chi connectivity index (χ4v) is 1.51. The summed E-state index contributed by atoms with van der Waals surface area (Å²) in [7, 11) is 0. The van der Waals surface area contributed by atoms with E-state index >= 15 is 0 Å². The molecule has 7 nitrogen and oxygen atoms in total. The first-order valence-corrected chi connectivity index (χ1v) is 5.89. The number of hydrogen-bond donors (Lipinski definition) is 3. The average Bonchev–Trinajstić information content (AvgIpc) is 3.07. The smallest absolute Gasteiger partial charge is 0.293 e. The molecule has 0 aliphatic heterocycles. The molecule has 19 heavy (non-hydrogen) atoms. The Morgan fingerprint density at radius 2 is 2.47 bits per heavy atom. The van der Waals surface area contributed by atoms with Gasteiger partial charge < -0.3 is 15.1 Å². The molecule has 0 radical (unpaired) electrons. The molecule has 0 saturated heterocycles. The fraction of sp³-hybridized carbons (Fsp3) is 0.250. The number of hydrogen-bond acceptors (Lipinski definition) is 4. The van der Waals surface area contributed by atoms with Crippen LogP contribution in [0, 0.1) is 0 Å². The molecule has 2 aromatic heterocycles. The molecule has 7 heteroatoms. The number of guanidine groups is 1. The number of aromatic amines is 1. The van der Waals surface area contributed by atoms with Gasteiger partial charge in [0.05, 0.1) is 6.26 Å². The summed E-state index contributed by atoms with van der Waals surface area (Å²) in [4.78, 5) is 22.7. The van der Waals surface area contributed by atoms with Crippen molar-refractivity contribution < 1.29 is 9.21 Å². The van der Waals surface area contributed by atoms with Crippen LogP contribution < -0.4 is 11.1 Å². The summed E-state index contributed by atoms with van der Waals surface area (Å²) in [6.45, 7) is 0.519. The second-order valence-electron chi connectivity index (χ2n) is 3.84. The van der Waals surface area contributed by atoms with E-state index in [9.17, 15) is 4.79 Å². The Hall–Kier alpha value is -2.57. The minimum absolute atomic E-state index is 0.0841. The monoisotopic (exact) mass is 261 g/mol. The molecular weight excluding hydrogens is 246 g/mol. The van der Waals surface area contributed by atoms with Crippen LogP contribution >= 0.6 is 0 Å². The van der Waals surface area contributed by atoms with Crippen LogP contribution in [0.3, 0.4) is 0 Å². The SMILES string of the molecule is NC(=NCCCc1ncc[nH]1)NC(=O)c1ccco1. The van der Waals surface area contributed by atoms with Gasteiger partial charge in [0.2, 0.25) is 0 Å². The van der Waals surface area contributed by atoms with Gasteiger partial charge in [0.25, 0.3) is 5.91 Å². The number of carbonyl (C=O) groups is 1. The Morgan fingerprint density at radius 1 is 1.58 bits per heavy atom. The molecule has 0 saturated carbocycles. The third-order valence-electron chi connectivity index (χ3n) is 2.40. The lowest BCUT2D eigenvalue weighted by molar-refractivity contribution is 0.0949. The van der Waals surface area contributed by atoms with Gasteiger partial charge in [0.1, 0.15) is 5.82 Å². The topological polar surface area (TPSA) is 109 Å². The van der Waals surface area contributed by atoms with E-state index in [2.05, 4.69) is 20.3 Å². The Bertz CT molecular complexity index is 530. The number of nitrogens with one attached hydrogen (secondary N) is 2. The molecule has 1 amide bonds. The summed E-state index contributed by atoms with van der Waals surface area (Å²) >= 11 is 0. The first-order chi connectivity index (χ1) is 9.25. The van der Waals surface area contributed by atoms with E-state index in [4.69, 9.17) is 10.2 Å². The Balaban J connectivity index is 1.72. The molecule has 4 N–H and O–H groups in total. The first kappa shape index (κ1) is 12.9. The van der Waals surface area contributed by atoms with Gasteiger partial charge >= 0.3 is 0 Å². The molecule has 100 valence electrons. The largest absolute Gasteiger partial charge is 0.459 e. The Labute approximate surface area is 109 Å². The number of carbonyl (C=O) groups excluding carboxylic acids is 1. The van der Waals surface area contributed by atoms with Gasteiger partial charge in [-0.3, -0.25) is 15.1 Å². The van der Waals surface area contributed by atoms with Crippen molar-refractivity contribution in [2.75, 3.05) is 6.54 Å². The summed E-state index contributed by atoms with van der Waals surface area (Å²) in [5.74, 6) is 0.792. The van der Waals surface area contributed by atoms with Crippen molar-refractivity contribution in [3.63, 3.8) is 0 Å². The highest BCUT2D eigenvalue weighted by Gasteiger charge is 2.08. The maximum Gasteiger partial charge on any atom is 0.293 e. The van der Waals surface area contributed by atoms with Crippen LogP contribution in [0.5, 0.6) is 0 Å². The van der Waals surface area contributed by atoms with Crippen LogP contribution in [-0.2, 0) is 6.42 Å². The van der Waals surface area contributed by atoms with E-state index in [-0.39, 0.29) is 11.7 Å². The zero-order chi connectivity index (χ0) is 13.5. The number of furan rings is 1. The molecule has 0 bridgehead atoms. The van der Waals surface area contributed by atoms with Gasteiger partial charge in [0, 0.05) is 25.4 Å². The van der Waals surface area contributed by atoms with Crippen LogP contribution in [0.2, 0.25) is 0 Å². The molecule has 0 fully saturated rings. The summed E-state index contributed by atoms with van der Waals surface area (Å²) < 4.78 is 4.94. The molecule has 0 atom stereocenters. The predicted molar refractivity (Wildman–Crippen MR) is 69.6 cm³/mol. The van der Waals surface area contributed by atoms with Crippen molar-refractivity contribution in [2.24, 2.45) is 10.7 Å². The molecule has 2 heterocycles. The number of imidazole rings is 1. The van der Waals surface area contributed by atoms with Gasteiger partial charge in [0.15, 0.2) is 11.7 Å². The highest BCUT2D eigenvalue weighted by atomic mass is 16.3. The molecule has 2 aromatic rings. The van der Waals surface area contributed by atoms with Crippen molar-refractivity contribution in [3.05, 3.63) is 42.4 Å². The lowest BCUT2D eigenvalue weighted by Crippen LogP contribution is -2.36. The fourth-order valence-electron chi connectivity index (χ4n) is 1.51. The third kappa shape index (κ3) is 3.98. The van der Waals surface area contributed by atoms with E-state index in [1.165, 1.54) is 6.26 Å². The Kier molecular flexibility index (Phi) is 4.33. The zero-order valence-corrected chi connectivity index (χ0v) is 10.3. The predicted octanol–water partition coefficient (Wildman–Crippen LogP) is 0.680. The summed E-state index contributed by atoms with van der Waals surface area (Å²) in [6.07, 6.45) is 6.49. The molecule has 0 spiro atoms. The van der Waals surface area contributed by atoms with Gasteiger partial charge in [-0.2, -0.15) is 0 Å². The van der Waals surface area contributed by atoms with Crippen LogP contribution in [0.1, 0.15) is 22.8 Å². The molecule has 0 aliphatic carbocycles. The van der Waals surface area contributed by atoms with E-state index in [0.29, 0.717) is 6.54 Å². The summed E-state index contributed by atoms with van der Waals surface area (Å²) in [6, 6.07) is 3.19. The van der Waals surface area contributed by atoms with Crippen LogP contribution in [-0.4, -0.2) is 28.4 Å². The average molecular weight is 261 g/mol. The van der Waals surface area contributed by atoms with Crippen molar-refractivity contribution >= 4 is 11.9 Å². The zero-order valence-electron chi connectivity index (χ0n) is 10.3. The lowest BCUT2D eigenvalue weighted by Gasteiger charge is -2.02. The first-order valence-electron chi connectivity index (χ1n) is 5.89. The molecule has 0 aliphatic rings. The highest BCUT2D eigenvalue weighted by molar-refractivity contribution is 6.03. The highest BCUT2D eigenvalue weighted by Crippen LogP contribution is 1.99. The number of amides is 1. The second kappa shape index (κ2) is 6.39. The second-order valence-corrected chi connectivity index (χ2v) is 3.84. The van der Waals surface area contributed by atoms with E-state index in [1.54, 1.807) is 24.5 Å². The van der Waals surface area contributed by atoms with Crippen molar-refractivity contribution in [3.8, 4) is 0 Å². The maximum absolute atomic E-state index is 11.6. The van der Waals surface area contributed by atoms with Crippen molar-refractivity contribution in [1.82, 2.24) is 15.3 Å². The number of rotatable bonds is 5. The Morgan fingerprint density at radius 3 is 3.16 bits per heavy atom. The number of aliphatic imine (C=N–C) groups is 1. The number of aryl methyl sites for hydroxylation is 1. The van der Waals surface area contributed by atoms with Crippen LogP contribution in [0.15, 0.2) is 40.2 Å². The number of aromatic nitrogens is 2. The van der Waals surface area contributed by atoms with Gasteiger partial charge in [-0.1, -0.05) is 0 Å². The van der Waals surface area contributed by atoms with Crippen molar-refractivity contribution in [2.45, 2.75) is 12.8 Å². The van der Waals surface area contributed by atoms with E-state index < -0.39 is 5.91 Å². The van der Waals surface area contributed by atoms with Crippen LogP contribution in [0.4, 0.5) is 0 Å². The van der Waals surface area contributed by atoms with E-state index in [1.807, 2.05) is 0 Å². The summed E-state index contributed by atoms with van der Waals surface area (Å²) in [5, 5.41) is 2.45. The van der Waals surface area contributed by atoms with Gasteiger partial charge in [-0.05, 0) is 18.6 Å². The van der Waals surface area contributed by atoms with E-state index in [0.717, 1.165) is 18.7 Å². The quantitative estimate of drug-likeness (QED) is 0.417. The molecular formula is C12H15N5O2. The van der Waals surface area contributed by atoms with Gasteiger partial charge in [-0.25, -0.2) is 4.98 Å². The van der Waals surface area contributed by atoms with Gasteiger partial charge in [-0.15, -0.1) is 0 Å². The standard InChI is InChI=1S/C12H15N5O2/c13-12(17-11(18)9-3-2-8-19-9)16-5-1-4-10-14-6-7-15-10/h2-3,6-8H,1,4-5H2,(H,14,15)(H3,13,16,17,18). The minimum Gasteiger partial charge on any atom is -0.459 e. The third-order valence-corrected chi connectivity index (χ3v) is 2.40. The van der Waals surface area contributed by atoms with Crippen molar-refractivity contribution in [1.29, 1.82) is 0 Å². The normalized spacial score (nSPS) is 11.5. The maximum atomic E-state index is 11.6. The number of nitrogens with two attached hydrogens (primary N) is 1. The molecule has 2 rings (SSSR count).